The van der Waals surface area contributed by atoms with Crippen LogP contribution in [-0.4, -0.2) is 12.3 Å². The van der Waals surface area contributed by atoms with Crippen molar-refractivity contribution in [1.82, 2.24) is 5.43 Å². The maximum absolute atomic E-state index is 11.8. The Balaban J connectivity index is 1.90. The summed E-state index contributed by atoms with van der Waals surface area (Å²) in [6, 6.07) is 8.46. The topological polar surface area (TPSA) is 41.1 Å². The Morgan fingerprint density at radius 3 is 2.60 bits per heavy atom. The van der Waals surface area contributed by atoms with Crippen molar-refractivity contribution in [2.45, 2.75) is 57.8 Å². The molecule has 20 heavy (non-hydrogen) atoms. The minimum Gasteiger partial charge on any atom is -0.322 e. The number of aryl methyl sites for hydroxylation is 1. The maximum atomic E-state index is 11.8. The lowest BCUT2D eigenvalue weighted by molar-refractivity contribution is -0.119. The van der Waals surface area contributed by atoms with Crippen LogP contribution in [0.4, 0.5) is 5.69 Å². The third-order valence-corrected chi connectivity index (χ3v) is 3.84. The standard InChI is InChI=1S/C17H26N2O/c20-17-11-4-2-1-3-5-13-18-19-16-10-6-8-15(14-16)9-7-12-17/h6,8,10,14,18-19H,1-5,7,9,11-13H2. The van der Waals surface area contributed by atoms with Crippen LogP contribution < -0.4 is 10.9 Å². The van der Waals surface area contributed by atoms with Gasteiger partial charge in [-0.05, 0) is 43.4 Å². The molecule has 2 N–H and O–H groups in total. The van der Waals surface area contributed by atoms with Gasteiger partial charge in [0, 0.05) is 25.1 Å². The summed E-state index contributed by atoms with van der Waals surface area (Å²) in [6.07, 6.45) is 9.39. The zero-order valence-corrected chi connectivity index (χ0v) is 12.3. The molecule has 3 nitrogen and oxygen atoms in total. The van der Waals surface area contributed by atoms with Crippen molar-refractivity contribution in [3.8, 4) is 0 Å². The molecule has 2 bridgehead atoms. The SMILES string of the molecule is O=C1CCCCCCCNNc2cccc(c2)CCC1. The fraction of sp³-hybridized carbons (Fsp3) is 0.588. The average molecular weight is 274 g/mol. The number of carbonyl (C=O) groups excluding carboxylic acids is 1. The summed E-state index contributed by atoms with van der Waals surface area (Å²) >= 11 is 0. The van der Waals surface area contributed by atoms with E-state index in [2.05, 4.69) is 35.1 Å². The molecule has 1 heterocycles. The van der Waals surface area contributed by atoms with E-state index >= 15 is 0 Å². The summed E-state index contributed by atoms with van der Waals surface area (Å²) in [5.41, 5.74) is 8.95. The number of anilines is 1. The second-order valence-corrected chi connectivity index (χ2v) is 5.66. The number of benzene rings is 1. The van der Waals surface area contributed by atoms with Crippen molar-refractivity contribution in [2.24, 2.45) is 0 Å². The fourth-order valence-electron chi connectivity index (χ4n) is 2.65. The molecule has 2 rings (SSSR count). The smallest absolute Gasteiger partial charge is 0.132 e. The van der Waals surface area contributed by atoms with E-state index < -0.39 is 0 Å². The molecule has 0 fully saturated rings. The van der Waals surface area contributed by atoms with Crippen molar-refractivity contribution >= 4 is 11.5 Å². The van der Waals surface area contributed by atoms with Crippen molar-refractivity contribution in [2.75, 3.05) is 12.0 Å². The lowest BCUT2D eigenvalue weighted by Crippen LogP contribution is -2.22. The molecule has 0 aliphatic carbocycles. The van der Waals surface area contributed by atoms with E-state index in [0.717, 1.165) is 44.3 Å². The summed E-state index contributed by atoms with van der Waals surface area (Å²) < 4.78 is 0. The third kappa shape index (κ3) is 5.74. The molecule has 0 unspecified atom stereocenters. The number of fused-ring (bicyclic) bond motifs is 2. The minimum atomic E-state index is 0.438. The van der Waals surface area contributed by atoms with E-state index in [1.54, 1.807) is 0 Å². The third-order valence-electron chi connectivity index (χ3n) is 3.84. The van der Waals surface area contributed by atoms with Gasteiger partial charge >= 0.3 is 0 Å². The maximum Gasteiger partial charge on any atom is 0.132 e. The number of carbonyl (C=O) groups is 1. The Labute approximate surface area is 122 Å². The number of Topliss-reactive ketones (excluding diaryl/α,β-unsaturated/α-hetero) is 1. The Morgan fingerprint density at radius 2 is 1.65 bits per heavy atom. The highest BCUT2D eigenvalue weighted by atomic mass is 16.1. The van der Waals surface area contributed by atoms with E-state index in [0.29, 0.717) is 5.78 Å². The number of hydrazine groups is 1. The van der Waals surface area contributed by atoms with Crippen molar-refractivity contribution < 1.29 is 4.79 Å². The second-order valence-electron chi connectivity index (χ2n) is 5.66. The first-order chi connectivity index (χ1) is 9.84. The minimum absolute atomic E-state index is 0.438. The van der Waals surface area contributed by atoms with Gasteiger partial charge in [0.25, 0.3) is 0 Å². The number of hydrogen-bond donors (Lipinski definition) is 2. The normalized spacial score (nSPS) is 19.3. The Kier molecular flexibility index (Phi) is 6.58. The predicted molar refractivity (Wildman–Crippen MR) is 83.7 cm³/mol. The Hall–Kier alpha value is -1.35. The highest BCUT2D eigenvalue weighted by molar-refractivity contribution is 5.78. The fourth-order valence-corrected chi connectivity index (χ4v) is 2.65. The van der Waals surface area contributed by atoms with Crippen molar-refractivity contribution in [3.05, 3.63) is 29.8 Å². The molecule has 3 heteroatoms. The molecule has 0 saturated heterocycles. The number of hydrogen-bond acceptors (Lipinski definition) is 3. The van der Waals surface area contributed by atoms with Gasteiger partial charge in [-0.2, -0.15) is 0 Å². The molecule has 0 aromatic heterocycles. The predicted octanol–water partition coefficient (Wildman–Crippen LogP) is 3.85. The number of rotatable bonds is 0. The van der Waals surface area contributed by atoms with E-state index in [9.17, 15) is 4.79 Å². The van der Waals surface area contributed by atoms with E-state index in [1.807, 2.05) is 0 Å². The number of nitrogens with one attached hydrogen (secondary N) is 2. The van der Waals surface area contributed by atoms with Crippen LogP contribution in [0.5, 0.6) is 0 Å². The molecule has 1 aromatic carbocycles. The van der Waals surface area contributed by atoms with E-state index in [1.165, 1.54) is 31.2 Å². The van der Waals surface area contributed by atoms with Gasteiger partial charge in [0.05, 0.1) is 0 Å². The van der Waals surface area contributed by atoms with Gasteiger partial charge in [-0.15, -0.1) is 0 Å². The van der Waals surface area contributed by atoms with Crippen LogP contribution in [-0.2, 0) is 11.2 Å². The lowest BCUT2D eigenvalue weighted by Gasteiger charge is -2.10. The van der Waals surface area contributed by atoms with Crippen LogP contribution in [0.2, 0.25) is 0 Å². The van der Waals surface area contributed by atoms with Gasteiger partial charge < -0.3 is 5.43 Å². The summed E-state index contributed by atoms with van der Waals surface area (Å²) in [5.74, 6) is 0.438. The monoisotopic (exact) mass is 274 g/mol. The highest BCUT2D eigenvalue weighted by Crippen LogP contribution is 2.14. The molecule has 0 amide bonds. The van der Waals surface area contributed by atoms with Gasteiger partial charge in [0.15, 0.2) is 0 Å². The molecule has 1 aliphatic rings. The Bertz CT molecular complexity index is 417. The molecular weight excluding hydrogens is 248 g/mol. The van der Waals surface area contributed by atoms with Crippen LogP contribution in [0.3, 0.4) is 0 Å². The van der Waals surface area contributed by atoms with Crippen molar-refractivity contribution in [1.29, 1.82) is 0 Å². The van der Waals surface area contributed by atoms with Gasteiger partial charge in [0.1, 0.15) is 5.78 Å². The molecule has 1 aromatic rings. The molecule has 110 valence electrons. The zero-order valence-electron chi connectivity index (χ0n) is 12.3. The summed E-state index contributed by atoms with van der Waals surface area (Å²) in [4.78, 5) is 11.8. The largest absolute Gasteiger partial charge is 0.322 e. The van der Waals surface area contributed by atoms with E-state index in [-0.39, 0.29) is 0 Å². The average Bonchev–Trinajstić information content (AvgIpc) is 2.45. The first kappa shape index (κ1) is 15.0. The summed E-state index contributed by atoms with van der Waals surface area (Å²) in [5, 5.41) is 0. The molecular formula is C17H26N2O. The number of ketones is 1. The zero-order chi connectivity index (χ0) is 14.0. The summed E-state index contributed by atoms with van der Waals surface area (Å²) in [6.45, 7) is 0.989. The first-order valence-corrected chi connectivity index (χ1v) is 7.94. The first-order valence-electron chi connectivity index (χ1n) is 7.94. The van der Waals surface area contributed by atoms with Gasteiger partial charge in [0.2, 0.25) is 0 Å². The van der Waals surface area contributed by atoms with Crippen LogP contribution in [0.15, 0.2) is 24.3 Å². The molecule has 0 spiro atoms. The van der Waals surface area contributed by atoms with Crippen LogP contribution in [0.25, 0.3) is 0 Å². The van der Waals surface area contributed by atoms with Gasteiger partial charge in [-0.25, -0.2) is 5.43 Å². The summed E-state index contributed by atoms with van der Waals surface area (Å²) in [7, 11) is 0. The van der Waals surface area contributed by atoms with Gasteiger partial charge in [-0.1, -0.05) is 31.4 Å². The van der Waals surface area contributed by atoms with E-state index in [4.69, 9.17) is 0 Å². The van der Waals surface area contributed by atoms with Crippen molar-refractivity contribution in [3.63, 3.8) is 0 Å². The lowest BCUT2D eigenvalue weighted by atomic mass is 10.0. The molecule has 0 radical (unpaired) electrons. The van der Waals surface area contributed by atoms with Crippen LogP contribution in [0.1, 0.15) is 56.9 Å². The second kappa shape index (κ2) is 8.75. The molecule has 0 saturated carbocycles. The molecule has 1 aliphatic heterocycles. The molecule has 0 atom stereocenters. The Morgan fingerprint density at radius 1 is 0.850 bits per heavy atom. The van der Waals surface area contributed by atoms with Crippen LogP contribution in [0, 0.1) is 0 Å². The van der Waals surface area contributed by atoms with Gasteiger partial charge in [-0.3, -0.25) is 4.79 Å². The highest BCUT2D eigenvalue weighted by Gasteiger charge is 2.03. The van der Waals surface area contributed by atoms with Crippen LogP contribution >= 0.6 is 0 Å². The quantitative estimate of drug-likeness (QED) is 0.755.